The van der Waals surface area contributed by atoms with Crippen molar-refractivity contribution in [2.24, 2.45) is 11.8 Å². The van der Waals surface area contributed by atoms with Crippen molar-refractivity contribution in [2.75, 3.05) is 52.4 Å². The highest BCUT2D eigenvalue weighted by Gasteiger charge is 2.38. The van der Waals surface area contributed by atoms with Gasteiger partial charge in [0.25, 0.3) is 0 Å². The minimum absolute atomic E-state index is 0.0180. The van der Waals surface area contributed by atoms with Gasteiger partial charge in [0.1, 0.15) is 0 Å². The summed E-state index contributed by atoms with van der Waals surface area (Å²) < 4.78 is 0. The minimum Gasteiger partial charge on any atom is -0.314 e. The number of unbranched alkanes of at least 4 members (excludes halogenated alkanes) is 32. The molecule has 0 aromatic heterocycles. The number of rotatable bonds is 52. The zero-order valence-corrected chi connectivity index (χ0v) is 45.4. The maximum Gasteiger partial charge on any atom is 0.232 e. The molecular formula is C60H111N5O4. The number of likely N-dealkylation sites (tertiary alicyclic amines) is 2. The standard InChI is InChI=1S/C60H111N5O4/c1-3-5-7-9-11-13-15-17-19-21-23-24-25-26-28-30-32-34-36-38-40-42-44-56-54-58(67)65(60(56)69)52-50-63-48-46-61-45-47-62-49-51-64-57(66)53-55(59(64)68)43-41-39-37-35-33-31-29-27-22-20-18-16-14-12-10-8-6-4-2/h18,20,28,30,55-56,61-63H,3-17,19,21-27,29,31-54H2,1-2H3. The molecule has 9 heteroatoms. The van der Waals surface area contributed by atoms with Crippen molar-refractivity contribution in [1.82, 2.24) is 25.8 Å². The molecular weight excluding hydrogens is 855 g/mol. The summed E-state index contributed by atoms with van der Waals surface area (Å²) in [5.41, 5.74) is 0. The Kier molecular flexibility index (Phi) is 42.5. The molecule has 0 aromatic rings. The molecule has 0 aromatic carbocycles. The highest BCUT2D eigenvalue weighted by Crippen LogP contribution is 2.26. The molecule has 0 aliphatic carbocycles. The molecule has 2 heterocycles. The normalized spacial score (nSPS) is 16.6. The first-order chi connectivity index (χ1) is 34.0. The molecule has 2 aliphatic rings. The van der Waals surface area contributed by atoms with Crippen LogP contribution in [0.15, 0.2) is 24.3 Å². The number of hydrogen-bond donors (Lipinski definition) is 3. The van der Waals surface area contributed by atoms with E-state index < -0.39 is 0 Å². The van der Waals surface area contributed by atoms with Crippen LogP contribution in [-0.2, 0) is 19.2 Å². The molecule has 2 rings (SSSR count). The molecule has 4 amide bonds. The van der Waals surface area contributed by atoms with Crippen molar-refractivity contribution >= 4 is 23.6 Å². The molecule has 2 aliphatic heterocycles. The molecule has 0 saturated carbocycles. The summed E-state index contributed by atoms with van der Waals surface area (Å²) in [4.78, 5) is 54.0. The van der Waals surface area contributed by atoms with Crippen LogP contribution in [0.5, 0.6) is 0 Å². The van der Waals surface area contributed by atoms with E-state index in [1.54, 1.807) is 0 Å². The van der Waals surface area contributed by atoms with Gasteiger partial charge in [-0.25, -0.2) is 0 Å². The summed E-state index contributed by atoms with van der Waals surface area (Å²) in [5.74, 6) is -0.259. The second-order valence-corrected chi connectivity index (χ2v) is 21.1. The summed E-state index contributed by atoms with van der Waals surface area (Å²) in [7, 11) is 0. The molecule has 3 N–H and O–H groups in total. The van der Waals surface area contributed by atoms with E-state index in [-0.39, 0.29) is 35.5 Å². The van der Waals surface area contributed by atoms with Crippen molar-refractivity contribution in [2.45, 2.75) is 271 Å². The molecule has 9 nitrogen and oxygen atoms in total. The minimum atomic E-state index is -0.134. The van der Waals surface area contributed by atoms with Crippen molar-refractivity contribution in [3.8, 4) is 0 Å². The van der Waals surface area contributed by atoms with Gasteiger partial charge in [0.15, 0.2) is 0 Å². The fraction of sp³-hybridized carbons (Fsp3) is 0.867. The van der Waals surface area contributed by atoms with Crippen molar-refractivity contribution in [3.63, 3.8) is 0 Å². The first-order valence-electron chi connectivity index (χ1n) is 30.1. The Hall–Kier alpha value is -2.36. The van der Waals surface area contributed by atoms with Crippen molar-refractivity contribution in [1.29, 1.82) is 0 Å². The molecule has 2 fully saturated rings. The fourth-order valence-corrected chi connectivity index (χ4v) is 10.2. The van der Waals surface area contributed by atoms with Gasteiger partial charge in [-0.15, -0.1) is 0 Å². The quantitative estimate of drug-likeness (QED) is 0.0316. The zero-order chi connectivity index (χ0) is 49.5. The van der Waals surface area contributed by atoms with Crippen LogP contribution in [0.3, 0.4) is 0 Å². The Morgan fingerprint density at radius 3 is 0.884 bits per heavy atom. The smallest absolute Gasteiger partial charge is 0.232 e. The summed E-state index contributed by atoms with van der Waals surface area (Å²) >= 11 is 0. The molecule has 0 bridgehead atoms. The lowest BCUT2D eigenvalue weighted by Gasteiger charge is -2.16. The van der Waals surface area contributed by atoms with Gasteiger partial charge in [-0.2, -0.15) is 0 Å². The van der Waals surface area contributed by atoms with Crippen LogP contribution in [0.4, 0.5) is 0 Å². The fourth-order valence-electron chi connectivity index (χ4n) is 10.2. The second kappa shape index (κ2) is 46.7. The third kappa shape index (κ3) is 34.6. The first kappa shape index (κ1) is 62.8. The van der Waals surface area contributed by atoms with Crippen LogP contribution in [-0.4, -0.2) is 85.8 Å². The molecule has 0 spiro atoms. The monoisotopic (exact) mass is 966 g/mol. The van der Waals surface area contributed by atoms with Crippen LogP contribution in [0, 0.1) is 11.8 Å². The predicted molar refractivity (Wildman–Crippen MR) is 293 cm³/mol. The number of amides is 4. The lowest BCUT2D eigenvalue weighted by Crippen LogP contribution is -2.40. The van der Waals surface area contributed by atoms with E-state index in [1.165, 1.54) is 215 Å². The second-order valence-electron chi connectivity index (χ2n) is 21.1. The largest absolute Gasteiger partial charge is 0.314 e. The van der Waals surface area contributed by atoms with Gasteiger partial charge < -0.3 is 16.0 Å². The van der Waals surface area contributed by atoms with E-state index in [2.05, 4.69) is 54.1 Å². The lowest BCUT2D eigenvalue weighted by molar-refractivity contribution is -0.140. The van der Waals surface area contributed by atoms with Crippen LogP contribution in [0.2, 0.25) is 0 Å². The average Bonchev–Trinajstić information content (AvgIpc) is 3.78. The number of carbonyl (C=O) groups is 4. The Morgan fingerprint density at radius 1 is 0.348 bits per heavy atom. The number of imide groups is 2. The highest BCUT2D eigenvalue weighted by molar-refractivity contribution is 6.04. The van der Waals surface area contributed by atoms with Gasteiger partial charge in [-0.1, -0.05) is 218 Å². The van der Waals surface area contributed by atoms with Gasteiger partial charge >= 0.3 is 0 Å². The van der Waals surface area contributed by atoms with Gasteiger partial charge in [-0.3, -0.25) is 29.0 Å². The number of hydrogen-bond acceptors (Lipinski definition) is 7. The zero-order valence-electron chi connectivity index (χ0n) is 45.4. The van der Waals surface area contributed by atoms with E-state index >= 15 is 0 Å². The highest BCUT2D eigenvalue weighted by atomic mass is 16.2. The van der Waals surface area contributed by atoms with Crippen LogP contribution >= 0.6 is 0 Å². The van der Waals surface area contributed by atoms with Crippen LogP contribution in [0.25, 0.3) is 0 Å². The number of nitrogens with one attached hydrogen (secondary N) is 3. The van der Waals surface area contributed by atoms with Gasteiger partial charge in [0.05, 0.1) is 0 Å². The Balaban J connectivity index is 1.32. The van der Waals surface area contributed by atoms with E-state index in [1.807, 2.05) is 0 Å². The SMILES string of the molecule is CCCCCCCCC=CCCCCCCCCCCC1CC(=O)N(CCNCCNCCNCCN2C(=O)CC(CCCCCCCC=CCCCCCCCCCCCCCCC)C2=O)C1=O. The lowest BCUT2D eigenvalue weighted by atomic mass is 9.98. The van der Waals surface area contributed by atoms with E-state index in [9.17, 15) is 19.2 Å². The van der Waals surface area contributed by atoms with Gasteiger partial charge in [0.2, 0.25) is 23.6 Å². The van der Waals surface area contributed by atoms with Crippen LogP contribution < -0.4 is 16.0 Å². The van der Waals surface area contributed by atoms with Crippen molar-refractivity contribution < 1.29 is 19.2 Å². The van der Waals surface area contributed by atoms with E-state index in [0.29, 0.717) is 39.0 Å². The average molecular weight is 967 g/mol. The number of allylic oxidation sites excluding steroid dienone is 4. The number of carbonyl (C=O) groups excluding carboxylic acids is 4. The third-order valence-corrected chi connectivity index (χ3v) is 14.8. The number of nitrogens with zero attached hydrogens (tertiary/aromatic N) is 2. The summed E-state index contributed by atoms with van der Waals surface area (Å²) in [6.07, 6.45) is 59.2. The van der Waals surface area contributed by atoms with Gasteiger partial charge in [0, 0.05) is 77.0 Å². The molecule has 2 unspecified atom stereocenters. The Bertz CT molecular complexity index is 1300. The Morgan fingerprint density at radius 2 is 0.594 bits per heavy atom. The summed E-state index contributed by atoms with van der Waals surface area (Å²) in [6.45, 7) is 9.73. The summed E-state index contributed by atoms with van der Waals surface area (Å²) in [5, 5.41) is 10.1. The first-order valence-corrected chi connectivity index (χ1v) is 30.1. The van der Waals surface area contributed by atoms with Crippen LogP contribution in [0.1, 0.15) is 271 Å². The molecule has 400 valence electrons. The molecule has 69 heavy (non-hydrogen) atoms. The van der Waals surface area contributed by atoms with Gasteiger partial charge in [-0.05, 0) is 64.2 Å². The van der Waals surface area contributed by atoms with E-state index in [4.69, 9.17) is 0 Å². The Labute approximate surface area is 426 Å². The maximum atomic E-state index is 13.0. The topological polar surface area (TPSA) is 111 Å². The van der Waals surface area contributed by atoms with Crippen molar-refractivity contribution in [3.05, 3.63) is 24.3 Å². The van der Waals surface area contributed by atoms with E-state index in [0.717, 1.165) is 64.7 Å². The molecule has 2 atom stereocenters. The third-order valence-electron chi connectivity index (χ3n) is 14.8. The maximum absolute atomic E-state index is 13.0. The molecule has 2 saturated heterocycles. The molecule has 0 radical (unpaired) electrons. The summed E-state index contributed by atoms with van der Waals surface area (Å²) in [6, 6.07) is 0. The predicted octanol–water partition coefficient (Wildman–Crippen LogP) is 14.5.